The molecular formula is C20H20BrN3O2. The smallest absolute Gasteiger partial charge is 0.241 e. The van der Waals surface area contributed by atoms with Crippen molar-refractivity contribution in [2.24, 2.45) is 0 Å². The molecule has 0 amide bonds. The van der Waals surface area contributed by atoms with Gasteiger partial charge in [-0.3, -0.25) is 4.90 Å². The highest BCUT2D eigenvalue weighted by molar-refractivity contribution is 9.10. The average molecular weight is 414 g/mol. The Labute approximate surface area is 161 Å². The van der Waals surface area contributed by atoms with Crippen molar-refractivity contribution in [1.29, 1.82) is 0 Å². The summed E-state index contributed by atoms with van der Waals surface area (Å²) in [6.45, 7) is 1.70. The summed E-state index contributed by atoms with van der Waals surface area (Å²) in [6.07, 6.45) is 2.31. The Morgan fingerprint density at radius 1 is 1.23 bits per heavy atom. The monoisotopic (exact) mass is 413 g/mol. The van der Waals surface area contributed by atoms with E-state index in [9.17, 15) is 0 Å². The van der Waals surface area contributed by atoms with Crippen LogP contribution in [0.5, 0.6) is 5.75 Å². The molecular weight excluding hydrogens is 394 g/mol. The maximum Gasteiger partial charge on any atom is 0.241 e. The molecule has 3 aromatic rings. The predicted octanol–water partition coefficient (Wildman–Crippen LogP) is 4.84. The summed E-state index contributed by atoms with van der Waals surface area (Å²) in [5.74, 6) is 2.16. The zero-order valence-electron chi connectivity index (χ0n) is 14.6. The molecule has 0 radical (unpaired) electrons. The molecule has 1 atom stereocenters. The van der Waals surface area contributed by atoms with Crippen LogP contribution in [-0.2, 0) is 6.54 Å². The number of methoxy groups -OCH3 is 1. The summed E-state index contributed by atoms with van der Waals surface area (Å²) in [6, 6.07) is 16.6. The first-order valence-electron chi connectivity index (χ1n) is 8.69. The van der Waals surface area contributed by atoms with Crippen LogP contribution >= 0.6 is 15.9 Å². The molecule has 0 aliphatic carbocycles. The van der Waals surface area contributed by atoms with E-state index in [1.54, 1.807) is 7.11 Å². The number of rotatable bonds is 5. The molecule has 1 aromatic heterocycles. The fraction of sp³-hybridized carbons (Fsp3) is 0.300. The lowest BCUT2D eigenvalue weighted by Gasteiger charge is -2.23. The van der Waals surface area contributed by atoms with Gasteiger partial charge in [-0.15, -0.1) is 0 Å². The van der Waals surface area contributed by atoms with E-state index in [0.29, 0.717) is 24.3 Å². The summed E-state index contributed by atoms with van der Waals surface area (Å²) in [5.41, 5.74) is 2.25. The summed E-state index contributed by atoms with van der Waals surface area (Å²) in [4.78, 5) is 6.98. The molecule has 134 valence electrons. The Kier molecular flexibility index (Phi) is 5.04. The molecule has 0 bridgehead atoms. The molecule has 0 N–H and O–H groups in total. The minimum atomic E-state index is 0.377. The molecule has 2 aromatic carbocycles. The highest BCUT2D eigenvalue weighted by Crippen LogP contribution is 2.34. The van der Waals surface area contributed by atoms with Crippen LogP contribution < -0.4 is 4.74 Å². The first-order chi connectivity index (χ1) is 12.7. The third-order valence-corrected chi connectivity index (χ3v) is 5.25. The van der Waals surface area contributed by atoms with Gasteiger partial charge in [0.15, 0.2) is 0 Å². The molecule has 0 spiro atoms. The Morgan fingerprint density at radius 2 is 2.08 bits per heavy atom. The van der Waals surface area contributed by atoms with Crippen LogP contribution in [0.4, 0.5) is 0 Å². The topological polar surface area (TPSA) is 51.4 Å². The van der Waals surface area contributed by atoms with Crippen LogP contribution in [0.1, 0.15) is 30.3 Å². The zero-order chi connectivity index (χ0) is 17.9. The molecule has 26 heavy (non-hydrogen) atoms. The van der Waals surface area contributed by atoms with Crippen LogP contribution in [0.2, 0.25) is 0 Å². The second-order valence-electron chi connectivity index (χ2n) is 6.42. The third kappa shape index (κ3) is 3.66. The van der Waals surface area contributed by atoms with Crippen molar-refractivity contribution in [3.8, 4) is 17.1 Å². The first kappa shape index (κ1) is 17.2. The second-order valence-corrected chi connectivity index (χ2v) is 7.34. The van der Waals surface area contributed by atoms with Crippen LogP contribution in [0.3, 0.4) is 0 Å². The first-order valence-corrected chi connectivity index (χ1v) is 9.49. The van der Waals surface area contributed by atoms with Crippen molar-refractivity contribution in [2.45, 2.75) is 25.4 Å². The van der Waals surface area contributed by atoms with Crippen LogP contribution in [0.25, 0.3) is 11.4 Å². The highest BCUT2D eigenvalue weighted by atomic mass is 79.9. The molecule has 1 aliphatic rings. The van der Waals surface area contributed by atoms with Gasteiger partial charge in [-0.05, 0) is 49.2 Å². The molecule has 6 heteroatoms. The number of likely N-dealkylation sites (tertiary alicyclic amines) is 1. The van der Waals surface area contributed by atoms with E-state index in [-0.39, 0.29) is 0 Å². The lowest BCUT2D eigenvalue weighted by molar-refractivity contribution is 0.212. The van der Waals surface area contributed by atoms with Gasteiger partial charge in [-0.2, -0.15) is 4.98 Å². The molecule has 0 unspecified atom stereocenters. The Hall–Kier alpha value is -2.18. The summed E-state index contributed by atoms with van der Waals surface area (Å²) in [5, 5.41) is 4.14. The van der Waals surface area contributed by atoms with E-state index in [2.05, 4.69) is 43.1 Å². The van der Waals surface area contributed by atoms with E-state index in [4.69, 9.17) is 9.26 Å². The van der Waals surface area contributed by atoms with Gasteiger partial charge in [0.25, 0.3) is 0 Å². The molecule has 1 fully saturated rings. The van der Waals surface area contributed by atoms with Crippen LogP contribution in [0, 0.1) is 0 Å². The van der Waals surface area contributed by atoms with Crippen molar-refractivity contribution >= 4 is 15.9 Å². The van der Waals surface area contributed by atoms with Gasteiger partial charge >= 0.3 is 0 Å². The maximum atomic E-state index is 5.50. The summed E-state index contributed by atoms with van der Waals surface area (Å²) >= 11 is 3.48. The number of hydrogen-bond acceptors (Lipinski definition) is 5. The molecule has 2 heterocycles. The van der Waals surface area contributed by atoms with Gasteiger partial charge in [0.05, 0.1) is 13.7 Å². The van der Waals surface area contributed by atoms with Crippen molar-refractivity contribution in [2.75, 3.05) is 13.7 Å². The SMILES string of the molecule is COc1ccc([C@H]2CCCN2Cc2nc(-c3cccc(Br)c3)no2)cc1. The van der Waals surface area contributed by atoms with Crippen LogP contribution in [-0.4, -0.2) is 28.7 Å². The number of halogens is 1. The highest BCUT2D eigenvalue weighted by Gasteiger charge is 2.27. The van der Waals surface area contributed by atoms with Crippen molar-refractivity contribution in [3.63, 3.8) is 0 Å². The van der Waals surface area contributed by atoms with Gasteiger partial charge in [0, 0.05) is 16.1 Å². The molecule has 5 nitrogen and oxygen atoms in total. The lowest BCUT2D eigenvalue weighted by atomic mass is 10.0. The fourth-order valence-electron chi connectivity index (χ4n) is 3.46. The lowest BCUT2D eigenvalue weighted by Crippen LogP contribution is -2.22. The average Bonchev–Trinajstić information content (AvgIpc) is 3.32. The minimum Gasteiger partial charge on any atom is -0.497 e. The van der Waals surface area contributed by atoms with E-state index in [1.165, 1.54) is 12.0 Å². The minimum absolute atomic E-state index is 0.377. The Morgan fingerprint density at radius 3 is 2.85 bits per heavy atom. The molecule has 1 aliphatic heterocycles. The molecule has 4 rings (SSSR count). The van der Waals surface area contributed by atoms with Crippen molar-refractivity contribution in [3.05, 3.63) is 64.5 Å². The van der Waals surface area contributed by atoms with E-state index >= 15 is 0 Å². The quantitative estimate of drug-likeness (QED) is 0.598. The van der Waals surface area contributed by atoms with Gasteiger partial charge in [-0.1, -0.05) is 45.4 Å². The van der Waals surface area contributed by atoms with Gasteiger partial charge < -0.3 is 9.26 Å². The number of nitrogens with zero attached hydrogens (tertiary/aromatic N) is 3. The van der Waals surface area contributed by atoms with Gasteiger partial charge in [0.1, 0.15) is 5.75 Å². The summed E-state index contributed by atoms with van der Waals surface area (Å²) in [7, 11) is 1.69. The van der Waals surface area contributed by atoms with Crippen molar-refractivity contribution < 1.29 is 9.26 Å². The third-order valence-electron chi connectivity index (χ3n) is 4.75. The maximum absolute atomic E-state index is 5.50. The normalized spacial score (nSPS) is 17.5. The number of benzene rings is 2. The number of hydrogen-bond donors (Lipinski definition) is 0. The Bertz CT molecular complexity index is 879. The van der Waals surface area contributed by atoms with Crippen LogP contribution in [0.15, 0.2) is 57.5 Å². The fourth-order valence-corrected chi connectivity index (χ4v) is 3.86. The zero-order valence-corrected chi connectivity index (χ0v) is 16.1. The second kappa shape index (κ2) is 7.60. The van der Waals surface area contributed by atoms with E-state index in [1.807, 2.05) is 36.4 Å². The van der Waals surface area contributed by atoms with Crippen molar-refractivity contribution in [1.82, 2.24) is 15.0 Å². The molecule has 0 saturated carbocycles. The van der Waals surface area contributed by atoms with E-state index in [0.717, 1.165) is 28.8 Å². The predicted molar refractivity (Wildman–Crippen MR) is 103 cm³/mol. The summed E-state index contributed by atoms with van der Waals surface area (Å²) < 4.78 is 11.8. The van der Waals surface area contributed by atoms with Gasteiger partial charge in [0.2, 0.25) is 11.7 Å². The largest absolute Gasteiger partial charge is 0.497 e. The number of aromatic nitrogens is 2. The molecule has 1 saturated heterocycles. The Balaban J connectivity index is 1.49. The number of ether oxygens (including phenoxy) is 1. The van der Waals surface area contributed by atoms with Gasteiger partial charge in [-0.25, -0.2) is 0 Å². The standard InChI is InChI=1S/C20H20BrN3O2/c1-25-17-9-7-14(8-10-17)18-6-3-11-24(18)13-19-22-20(23-26-19)15-4-2-5-16(21)12-15/h2,4-5,7-10,12,18H,3,6,11,13H2,1H3/t18-/m1/s1. The van der Waals surface area contributed by atoms with E-state index < -0.39 is 0 Å².